The highest BCUT2D eigenvalue weighted by atomic mass is 79.9. The average molecular weight is 253 g/mol. The summed E-state index contributed by atoms with van der Waals surface area (Å²) in [6.45, 7) is 14.4. The minimum absolute atomic E-state index is 0.647. The Kier molecular flexibility index (Phi) is 6.41. The molecule has 0 spiro atoms. The molecule has 0 rings (SSSR count). The molecule has 0 saturated heterocycles. The van der Waals surface area contributed by atoms with Gasteiger partial charge in [-0.05, 0) is 22.0 Å². The standard InChI is InChI=1S/C11H13BrN2/c1-5-10(12)9-14(8-4)11(6-2)13-7-3/h5-9H,1-4H2/b10-9+,13-11-. The number of nitrogens with zero attached hydrogens (tertiary/aromatic N) is 2. The fraction of sp³-hybridized carbons (Fsp3) is 0. The van der Waals surface area contributed by atoms with Crippen LogP contribution < -0.4 is 0 Å². The molecule has 14 heavy (non-hydrogen) atoms. The number of amidine groups is 1. The smallest absolute Gasteiger partial charge is 0.135 e. The molecule has 0 atom stereocenters. The molecule has 0 heterocycles. The summed E-state index contributed by atoms with van der Waals surface area (Å²) in [6.07, 6.45) is 8.14. The van der Waals surface area contributed by atoms with Gasteiger partial charge in [-0.15, -0.1) is 0 Å². The summed E-state index contributed by atoms with van der Waals surface area (Å²) in [4.78, 5) is 5.73. The van der Waals surface area contributed by atoms with E-state index in [1.165, 1.54) is 6.20 Å². The Balaban J connectivity index is 4.95. The van der Waals surface area contributed by atoms with Gasteiger partial charge in [0.2, 0.25) is 0 Å². The molecule has 0 fully saturated rings. The topological polar surface area (TPSA) is 15.6 Å². The third-order valence-corrected chi connectivity index (χ3v) is 1.85. The van der Waals surface area contributed by atoms with Crippen LogP contribution in [0.15, 0.2) is 66.5 Å². The average Bonchev–Trinajstić information content (AvgIpc) is 2.22. The number of rotatable bonds is 5. The Morgan fingerprint density at radius 2 is 1.79 bits per heavy atom. The van der Waals surface area contributed by atoms with E-state index in [2.05, 4.69) is 47.2 Å². The molecule has 0 radical (unpaired) electrons. The molecule has 0 bridgehead atoms. The van der Waals surface area contributed by atoms with Gasteiger partial charge in [-0.1, -0.05) is 32.4 Å². The Morgan fingerprint density at radius 3 is 2.14 bits per heavy atom. The summed E-state index contributed by atoms with van der Waals surface area (Å²) in [5.41, 5.74) is 0. The van der Waals surface area contributed by atoms with Gasteiger partial charge < -0.3 is 4.90 Å². The molecule has 0 aromatic heterocycles. The van der Waals surface area contributed by atoms with Gasteiger partial charge in [-0.3, -0.25) is 0 Å². The van der Waals surface area contributed by atoms with Crippen LogP contribution in [0.2, 0.25) is 0 Å². The van der Waals surface area contributed by atoms with Crippen molar-refractivity contribution < 1.29 is 0 Å². The highest BCUT2D eigenvalue weighted by molar-refractivity contribution is 9.11. The van der Waals surface area contributed by atoms with Crippen LogP contribution in [0.25, 0.3) is 0 Å². The van der Waals surface area contributed by atoms with Crippen LogP contribution in [-0.4, -0.2) is 10.7 Å². The van der Waals surface area contributed by atoms with E-state index in [1.54, 1.807) is 29.5 Å². The van der Waals surface area contributed by atoms with Crippen LogP contribution in [0.3, 0.4) is 0 Å². The van der Waals surface area contributed by atoms with Crippen molar-refractivity contribution in [2.45, 2.75) is 0 Å². The lowest BCUT2D eigenvalue weighted by molar-refractivity contribution is 0.765. The van der Waals surface area contributed by atoms with E-state index in [9.17, 15) is 0 Å². The van der Waals surface area contributed by atoms with Crippen molar-refractivity contribution in [2.75, 3.05) is 0 Å². The monoisotopic (exact) mass is 252 g/mol. The van der Waals surface area contributed by atoms with Crippen molar-refractivity contribution in [3.8, 4) is 0 Å². The van der Waals surface area contributed by atoms with E-state index in [1.807, 2.05) is 0 Å². The van der Waals surface area contributed by atoms with Crippen molar-refractivity contribution in [1.82, 2.24) is 4.90 Å². The van der Waals surface area contributed by atoms with Gasteiger partial charge in [0.25, 0.3) is 0 Å². The molecule has 3 heteroatoms. The molecule has 0 saturated carbocycles. The lowest BCUT2D eigenvalue weighted by atomic mass is 10.4. The van der Waals surface area contributed by atoms with Crippen molar-refractivity contribution in [3.05, 3.63) is 61.6 Å². The van der Waals surface area contributed by atoms with Crippen LogP contribution in [0.4, 0.5) is 0 Å². The SMILES string of the molecule is C=C/N=C(/C=C)N(C=C)/C=C(/Br)C=C. The molecule has 2 nitrogen and oxygen atoms in total. The first-order valence-electron chi connectivity index (χ1n) is 3.91. The Labute approximate surface area is 93.5 Å². The zero-order valence-corrected chi connectivity index (χ0v) is 9.57. The molecule has 0 aliphatic carbocycles. The van der Waals surface area contributed by atoms with E-state index in [4.69, 9.17) is 0 Å². The van der Waals surface area contributed by atoms with Crippen LogP contribution in [0.1, 0.15) is 0 Å². The molecule has 0 N–H and O–H groups in total. The highest BCUT2D eigenvalue weighted by Crippen LogP contribution is 2.08. The van der Waals surface area contributed by atoms with Crippen LogP contribution in [-0.2, 0) is 0 Å². The summed E-state index contributed by atoms with van der Waals surface area (Å²) in [7, 11) is 0. The fourth-order valence-electron chi connectivity index (χ4n) is 0.716. The van der Waals surface area contributed by atoms with E-state index in [0.717, 1.165) is 4.48 Å². The predicted octanol–water partition coefficient (Wildman–Crippen LogP) is 3.58. The molecular formula is C11H13BrN2. The second-order valence-electron chi connectivity index (χ2n) is 2.18. The highest BCUT2D eigenvalue weighted by Gasteiger charge is 1.99. The molecular weight excluding hydrogens is 240 g/mol. The minimum Gasteiger partial charge on any atom is -0.308 e. The number of halogens is 1. The first-order chi connectivity index (χ1) is 6.69. The number of allylic oxidation sites excluding steroid dienone is 2. The predicted molar refractivity (Wildman–Crippen MR) is 67.1 cm³/mol. The number of hydrogen-bond donors (Lipinski definition) is 0. The van der Waals surface area contributed by atoms with Crippen molar-refractivity contribution in [3.63, 3.8) is 0 Å². The normalized spacial score (nSPS) is 11.8. The lowest BCUT2D eigenvalue weighted by Gasteiger charge is -2.14. The maximum absolute atomic E-state index is 4.02. The van der Waals surface area contributed by atoms with Gasteiger partial charge >= 0.3 is 0 Å². The van der Waals surface area contributed by atoms with E-state index >= 15 is 0 Å². The van der Waals surface area contributed by atoms with E-state index in [0.29, 0.717) is 5.84 Å². The lowest BCUT2D eigenvalue weighted by Crippen LogP contribution is -2.17. The number of aliphatic imine (C=N–C) groups is 1. The summed E-state index contributed by atoms with van der Waals surface area (Å²) >= 11 is 3.31. The molecule has 0 aromatic rings. The zero-order valence-electron chi connectivity index (χ0n) is 7.99. The molecule has 74 valence electrons. The van der Waals surface area contributed by atoms with Gasteiger partial charge in [-0.2, -0.15) is 0 Å². The maximum atomic E-state index is 4.02. The van der Waals surface area contributed by atoms with Crippen LogP contribution in [0.5, 0.6) is 0 Å². The first-order valence-corrected chi connectivity index (χ1v) is 4.70. The van der Waals surface area contributed by atoms with Gasteiger partial charge in [0.1, 0.15) is 5.84 Å². The number of hydrogen-bond acceptors (Lipinski definition) is 1. The van der Waals surface area contributed by atoms with E-state index < -0.39 is 0 Å². The van der Waals surface area contributed by atoms with Gasteiger partial charge in [0, 0.05) is 23.1 Å². The Morgan fingerprint density at radius 1 is 1.14 bits per heavy atom. The van der Waals surface area contributed by atoms with Crippen molar-refractivity contribution in [2.24, 2.45) is 4.99 Å². The van der Waals surface area contributed by atoms with Gasteiger partial charge in [0.05, 0.1) is 0 Å². The molecule has 0 amide bonds. The Bertz CT molecular complexity index is 300. The summed E-state index contributed by atoms with van der Waals surface area (Å²) in [5.74, 6) is 0.647. The quantitative estimate of drug-likeness (QED) is 0.415. The molecule has 0 aliphatic rings. The van der Waals surface area contributed by atoms with Crippen molar-refractivity contribution >= 4 is 21.8 Å². The zero-order chi connectivity index (χ0) is 11.0. The second-order valence-corrected chi connectivity index (χ2v) is 3.10. The van der Waals surface area contributed by atoms with Gasteiger partial charge in [-0.25, -0.2) is 4.99 Å². The fourth-order valence-corrected chi connectivity index (χ4v) is 0.937. The maximum Gasteiger partial charge on any atom is 0.135 e. The summed E-state index contributed by atoms with van der Waals surface area (Å²) in [6, 6.07) is 0. The largest absolute Gasteiger partial charge is 0.308 e. The molecule has 0 unspecified atom stereocenters. The van der Waals surface area contributed by atoms with Crippen LogP contribution >= 0.6 is 15.9 Å². The van der Waals surface area contributed by atoms with E-state index in [-0.39, 0.29) is 0 Å². The third-order valence-electron chi connectivity index (χ3n) is 1.32. The van der Waals surface area contributed by atoms with Crippen LogP contribution in [0, 0.1) is 0 Å². The molecule has 0 aromatic carbocycles. The molecule has 0 aliphatic heterocycles. The van der Waals surface area contributed by atoms with Crippen molar-refractivity contribution in [1.29, 1.82) is 0 Å². The second kappa shape index (κ2) is 7.09. The Hall–Kier alpha value is -1.35. The third kappa shape index (κ3) is 4.05. The minimum atomic E-state index is 0.647. The summed E-state index contributed by atoms with van der Waals surface area (Å²) in [5, 5.41) is 0. The van der Waals surface area contributed by atoms with Gasteiger partial charge in [0.15, 0.2) is 0 Å². The summed E-state index contributed by atoms with van der Waals surface area (Å²) < 4.78 is 0.830. The first kappa shape index (κ1) is 12.7.